The number of nitrogens with zero attached hydrogens (tertiary/aromatic N) is 2. The van der Waals surface area contributed by atoms with E-state index in [0.29, 0.717) is 12.2 Å². The number of ether oxygens (including phenoxy) is 1. The molecule has 0 saturated carbocycles. The zero-order valence-corrected chi connectivity index (χ0v) is 11.8. The van der Waals surface area contributed by atoms with Crippen molar-refractivity contribution >= 4 is 11.9 Å². The first kappa shape index (κ1) is 15.1. The van der Waals surface area contributed by atoms with Gasteiger partial charge in [0.05, 0.1) is 6.61 Å². The Labute approximate surface area is 113 Å². The van der Waals surface area contributed by atoms with Crippen molar-refractivity contribution in [3.05, 3.63) is 30.1 Å². The van der Waals surface area contributed by atoms with Crippen LogP contribution in [0.15, 0.2) is 24.5 Å². The lowest BCUT2D eigenvalue weighted by molar-refractivity contribution is -0.144. The van der Waals surface area contributed by atoms with E-state index in [0.717, 1.165) is 0 Å². The van der Waals surface area contributed by atoms with Gasteiger partial charge in [0.25, 0.3) is 5.91 Å². The zero-order valence-electron chi connectivity index (χ0n) is 11.8. The number of carbonyl (C=O) groups is 2. The standard InChI is InChI=1S/C14H20N2O3/c1-5-19-12(17)10-16(14(2,3)4)13(18)11-6-8-15-9-7-11/h6-9H,5,10H2,1-4H3. The van der Waals surface area contributed by atoms with Crippen LogP contribution in [0.2, 0.25) is 0 Å². The number of hydrogen-bond donors (Lipinski definition) is 0. The van der Waals surface area contributed by atoms with Crippen LogP contribution in [-0.4, -0.2) is 40.5 Å². The van der Waals surface area contributed by atoms with Gasteiger partial charge in [-0.3, -0.25) is 14.6 Å². The van der Waals surface area contributed by atoms with Crippen LogP contribution in [-0.2, 0) is 9.53 Å². The summed E-state index contributed by atoms with van der Waals surface area (Å²) in [6.45, 7) is 7.63. The number of esters is 1. The summed E-state index contributed by atoms with van der Waals surface area (Å²) in [6, 6.07) is 3.26. The van der Waals surface area contributed by atoms with Gasteiger partial charge in [0.1, 0.15) is 6.54 Å². The van der Waals surface area contributed by atoms with Crippen LogP contribution in [0.1, 0.15) is 38.1 Å². The molecule has 19 heavy (non-hydrogen) atoms. The van der Waals surface area contributed by atoms with Crippen molar-refractivity contribution in [1.82, 2.24) is 9.88 Å². The number of carbonyl (C=O) groups excluding carboxylic acids is 2. The van der Waals surface area contributed by atoms with Crippen LogP contribution >= 0.6 is 0 Å². The maximum Gasteiger partial charge on any atom is 0.325 e. The number of aromatic nitrogens is 1. The van der Waals surface area contributed by atoms with Crippen LogP contribution in [0.5, 0.6) is 0 Å². The topological polar surface area (TPSA) is 59.5 Å². The van der Waals surface area contributed by atoms with Gasteiger partial charge in [0.15, 0.2) is 0 Å². The Morgan fingerprint density at radius 3 is 2.32 bits per heavy atom. The highest BCUT2D eigenvalue weighted by Crippen LogP contribution is 2.17. The van der Waals surface area contributed by atoms with E-state index in [1.807, 2.05) is 20.8 Å². The molecule has 0 atom stereocenters. The lowest BCUT2D eigenvalue weighted by atomic mass is 10.0. The fraction of sp³-hybridized carbons (Fsp3) is 0.500. The third-order valence-corrected chi connectivity index (χ3v) is 2.57. The zero-order chi connectivity index (χ0) is 14.5. The quantitative estimate of drug-likeness (QED) is 0.779. The lowest BCUT2D eigenvalue weighted by Crippen LogP contribution is -2.48. The number of pyridine rings is 1. The molecule has 0 aliphatic heterocycles. The first-order chi connectivity index (χ1) is 8.86. The van der Waals surface area contributed by atoms with E-state index in [2.05, 4.69) is 4.98 Å². The van der Waals surface area contributed by atoms with Crippen LogP contribution in [0, 0.1) is 0 Å². The van der Waals surface area contributed by atoms with Crippen molar-refractivity contribution in [2.75, 3.05) is 13.2 Å². The summed E-state index contributed by atoms with van der Waals surface area (Å²) < 4.78 is 4.91. The monoisotopic (exact) mass is 264 g/mol. The van der Waals surface area contributed by atoms with Gasteiger partial charge >= 0.3 is 5.97 Å². The number of amides is 1. The number of rotatable bonds is 4. The summed E-state index contributed by atoms with van der Waals surface area (Å²) in [4.78, 5) is 29.4. The average Bonchev–Trinajstić information content (AvgIpc) is 2.35. The minimum absolute atomic E-state index is 0.0570. The van der Waals surface area contributed by atoms with Gasteiger partial charge in [-0.15, -0.1) is 0 Å². The van der Waals surface area contributed by atoms with Gasteiger partial charge < -0.3 is 9.64 Å². The van der Waals surface area contributed by atoms with Gasteiger partial charge in [-0.1, -0.05) is 0 Å². The van der Waals surface area contributed by atoms with Crippen LogP contribution in [0.3, 0.4) is 0 Å². The predicted octanol–water partition coefficient (Wildman–Crippen LogP) is 1.89. The SMILES string of the molecule is CCOC(=O)CN(C(=O)c1ccncc1)C(C)(C)C. The largest absolute Gasteiger partial charge is 0.465 e. The molecule has 5 nitrogen and oxygen atoms in total. The Morgan fingerprint density at radius 1 is 1.26 bits per heavy atom. The minimum Gasteiger partial charge on any atom is -0.465 e. The molecule has 1 heterocycles. The van der Waals surface area contributed by atoms with Gasteiger partial charge in [-0.05, 0) is 39.8 Å². The van der Waals surface area contributed by atoms with Crippen molar-refractivity contribution < 1.29 is 14.3 Å². The summed E-state index contributed by atoms with van der Waals surface area (Å²) in [6.07, 6.45) is 3.11. The summed E-state index contributed by atoms with van der Waals surface area (Å²) in [5.74, 6) is -0.609. The Morgan fingerprint density at radius 2 is 1.84 bits per heavy atom. The van der Waals surface area contributed by atoms with Crippen molar-refractivity contribution in [3.8, 4) is 0 Å². The van der Waals surface area contributed by atoms with E-state index in [-0.39, 0.29) is 12.5 Å². The van der Waals surface area contributed by atoms with Crippen molar-refractivity contribution in [1.29, 1.82) is 0 Å². The molecular formula is C14H20N2O3. The van der Waals surface area contributed by atoms with E-state index in [1.165, 1.54) is 4.90 Å². The molecule has 0 saturated heterocycles. The average molecular weight is 264 g/mol. The maximum atomic E-state index is 12.4. The summed E-state index contributed by atoms with van der Waals surface area (Å²) in [7, 11) is 0. The van der Waals surface area contributed by atoms with E-state index < -0.39 is 11.5 Å². The molecule has 0 radical (unpaired) electrons. The fourth-order valence-electron chi connectivity index (χ4n) is 1.60. The van der Waals surface area contributed by atoms with Gasteiger partial charge in [-0.2, -0.15) is 0 Å². The molecule has 1 aromatic rings. The second kappa shape index (κ2) is 6.31. The molecule has 0 N–H and O–H groups in total. The first-order valence-electron chi connectivity index (χ1n) is 6.24. The van der Waals surface area contributed by atoms with E-state index in [4.69, 9.17) is 4.74 Å². The van der Waals surface area contributed by atoms with Gasteiger partial charge in [0, 0.05) is 23.5 Å². The molecule has 5 heteroatoms. The molecule has 0 spiro atoms. The molecular weight excluding hydrogens is 244 g/mol. The van der Waals surface area contributed by atoms with Crippen molar-refractivity contribution in [2.24, 2.45) is 0 Å². The van der Waals surface area contributed by atoms with Crippen LogP contribution < -0.4 is 0 Å². The third-order valence-electron chi connectivity index (χ3n) is 2.57. The fourth-order valence-corrected chi connectivity index (χ4v) is 1.60. The molecule has 104 valence electrons. The molecule has 0 aliphatic rings. The maximum absolute atomic E-state index is 12.4. The molecule has 0 unspecified atom stereocenters. The molecule has 1 rings (SSSR count). The van der Waals surface area contributed by atoms with Gasteiger partial charge in [0.2, 0.25) is 0 Å². The smallest absolute Gasteiger partial charge is 0.325 e. The minimum atomic E-state index is -0.465. The number of hydrogen-bond acceptors (Lipinski definition) is 4. The van der Waals surface area contributed by atoms with E-state index in [1.54, 1.807) is 31.5 Å². The molecule has 0 fully saturated rings. The molecule has 0 aliphatic carbocycles. The normalized spacial score (nSPS) is 10.9. The highest BCUT2D eigenvalue weighted by atomic mass is 16.5. The van der Waals surface area contributed by atoms with Crippen LogP contribution in [0.25, 0.3) is 0 Å². The Kier molecular flexibility index (Phi) is 5.03. The molecule has 1 amide bonds. The third kappa shape index (κ3) is 4.35. The molecule has 1 aromatic heterocycles. The summed E-state index contributed by atoms with van der Waals surface area (Å²) in [5, 5.41) is 0. The van der Waals surface area contributed by atoms with E-state index >= 15 is 0 Å². The highest BCUT2D eigenvalue weighted by molar-refractivity contribution is 5.96. The summed E-state index contributed by atoms with van der Waals surface area (Å²) >= 11 is 0. The second-order valence-electron chi connectivity index (χ2n) is 5.10. The summed E-state index contributed by atoms with van der Waals surface area (Å²) in [5.41, 5.74) is 0.0434. The first-order valence-corrected chi connectivity index (χ1v) is 6.24. The molecule has 0 bridgehead atoms. The Hall–Kier alpha value is -1.91. The molecule has 0 aromatic carbocycles. The Bertz CT molecular complexity index is 438. The Balaban J connectivity index is 2.92. The van der Waals surface area contributed by atoms with Crippen molar-refractivity contribution in [2.45, 2.75) is 33.2 Å². The van der Waals surface area contributed by atoms with Crippen LogP contribution in [0.4, 0.5) is 0 Å². The highest BCUT2D eigenvalue weighted by Gasteiger charge is 2.29. The second-order valence-corrected chi connectivity index (χ2v) is 5.10. The predicted molar refractivity (Wildman–Crippen MR) is 71.7 cm³/mol. The van der Waals surface area contributed by atoms with Crippen molar-refractivity contribution in [3.63, 3.8) is 0 Å². The van der Waals surface area contributed by atoms with E-state index in [9.17, 15) is 9.59 Å². The lowest BCUT2D eigenvalue weighted by Gasteiger charge is -2.34. The van der Waals surface area contributed by atoms with Gasteiger partial charge in [-0.25, -0.2) is 0 Å².